The van der Waals surface area contributed by atoms with Gasteiger partial charge in [-0.25, -0.2) is 4.98 Å². The Kier molecular flexibility index (Phi) is 8.45. The molecule has 0 saturated carbocycles. The zero-order valence-corrected chi connectivity index (χ0v) is 12.4. The van der Waals surface area contributed by atoms with Crippen LogP contribution in [0, 0.1) is 0 Å². The van der Waals surface area contributed by atoms with Crippen molar-refractivity contribution < 1.29 is 9.47 Å². The average molecular weight is 288 g/mol. The van der Waals surface area contributed by atoms with Crippen LogP contribution in [0.15, 0.2) is 12.4 Å². The Balaban J connectivity index is 2.58. The van der Waals surface area contributed by atoms with Crippen molar-refractivity contribution in [1.29, 1.82) is 0 Å². The van der Waals surface area contributed by atoms with Crippen molar-refractivity contribution in [2.24, 2.45) is 0 Å². The Morgan fingerprint density at radius 1 is 1.05 bits per heavy atom. The van der Waals surface area contributed by atoms with Crippen molar-refractivity contribution in [3.05, 3.63) is 18.1 Å². The number of rotatable bonds is 10. The predicted octanol–water partition coefficient (Wildman–Crippen LogP) is 2.09. The summed E-state index contributed by atoms with van der Waals surface area (Å²) in [6, 6.07) is 0. The number of halogens is 1. The quantitative estimate of drug-likeness (QED) is 0.487. The maximum Gasteiger partial charge on any atom is 0.147 e. The monoisotopic (exact) mass is 287 g/mol. The molecule has 0 bridgehead atoms. The zero-order valence-electron chi connectivity index (χ0n) is 11.6. The van der Waals surface area contributed by atoms with Crippen LogP contribution in [-0.2, 0) is 15.4 Å². The van der Waals surface area contributed by atoms with Crippen LogP contribution in [0.4, 0.5) is 5.82 Å². The van der Waals surface area contributed by atoms with Gasteiger partial charge in [0.05, 0.1) is 37.2 Å². The van der Waals surface area contributed by atoms with Gasteiger partial charge in [-0.1, -0.05) is 0 Å². The fourth-order valence-electron chi connectivity index (χ4n) is 1.56. The zero-order chi connectivity index (χ0) is 13.9. The molecular weight excluding hydrogens is 266 g/mol. The van der Waals surface area contributed by atoms with Gasteiger partial charge >= 0.3 is 0 Å². The molecule has 6 heteroatoms. The normalized spacial score (nSPS) is 10.7. The van der Waals surface area contributed by atoms with Crippen molar-refractivity contribution in [2.75, 3.05) is 44.4 Å². The van der Waals surface area contributed by atoms with Crippen LogP contribution in [0.3, 0.4) is 0 Å². The van der Waals surface area contributed by atoms with Crippen molar-refractivity contribution >= 4 is 17.4 Å². The summed E-state index contributed by atoms with van der Waals surface area (Å²) >= 11 is 5.71. The van der Waals surface area contributed by atoms with Gasteiger partial charge in [0, 0.05) is 26.3 Å². The minimum absolute atomic E-state index is 0.380. The third kappa shape index (κ3) is 6.18. The fraction of sp³-hybridized carbons (Fsp3) is 0.692. The smallest absolute Gasteiger partial charge is 0.147 e. The molecule has 0 aliphatic carbocycles. The maximum absolute atomic E-state index is 5.71. The molecule has 0 atom stereocenters. The average Bonchev–Trinajstić information content (AvgIpc) is 2.46. The van der Waals surface area contributed by atoms with E-state index in [4.69, 9.17) is 21.1 Å². The van der Waals surface area contributed by atoms with Gasteiger partial charge in [0.1, 0.15) is 5.82 Å². The molecular formula is C13H22ClN3O2. The summed E-state index contributed by atoms with van der Waals surface area (Å²) < 4.78 is 10.8. The van der Waals surface area contributed by atoms with Crippen LogP contribution in [0.2, 0.25) is 0 Å². The Bertz CT molecular complexity index is 325. The molecule has 1 aromatic rings. The number of hydrogen-bond acceptors (Lipinski definition) is 5. The molecule has 0 aliphatic heterocycles. The second kappa shape index (κ2) is 9.95. The Labute approximate surface area is 119 Å². The summed E-state index contributed by atoms with van der Waals surface area (Å²) in [4.78, 5) is 10.7. The van der Waals surface area contributed by atoms with Gasteiger partial charge in [0.2, 0.25) is 0 Å². The molecule has 5 nitrogen and oxygen atoms in total. The third-order valence-corrected chi connectivity index (χ3v) is 2.85. The standard InChI is InChI=1S/C13H22ClN3O2/c1-3-18-7-5-17(6-8-19-4-2)13-11-15-12(9-14)10-16-13/h10-11H,3-9H2,1-2H3. The van der Waals surface area contributed by atoms with Crippen LogP contribution in [0.1, 0.15) is 19.5 Å². The molecule has 1 heterocycles. The SMILES string of the molecule is CCOCCN(CCOCC)c1cnc(CCl)cn1. The largest absolute Gasteiger partial charge is 0.380 e. The van der Waals surface area contributed by atoms with Crippen LogP contribution >= 0.6 is 11.6 Å². The van der Waals surface area contributed by atoms with E-state index in [0.717, 1.165) is 37.8 Å². The Morgan fingerprint density at radius 2 is 1.68 bits per heavy atom. The van der Waals surface area contributed by atoms with Crippen molar-refractivity contribution in [3.63, 3.8) is 0 Å². The van der Waals surface area contributed by atoms with E-state index in [9.17, 15) is 0 Å². The molecule has 0 spiro atoms. The first kappa shape index (κ1) is 16.1. The Hall–Kier alpha value is -0.910. The lowest BCUT2D eigenvalue weighted by atomic mass is 10.4. The van der Waals surface area contributed by atoms with E-state index in [2.05, 4.69) is 14.9 Å². The van der Waals surface area contributed by atoms with Crippen LogP contribution in [-0.4, -0.2) is 49.5 Å². The van der Waals surface area contributed by atoms with Gasteiger partial charge in [-0.2, -0.15) is 0 Å². The van der Waals surface area contributed by atoms with Gasteiger partial charge < -0.3 is 14.4 Å². The number of nitrogens with zero attached hydrogens (tertiary/aromatic N) is 3. The second-order valence-corrected chi connectivity index (χ2v) is 4.15. The lowest BCUT2D eigenvalue weighted by Gasteiger charge is -2.23. The maximum atomic E-state index is 5.71. The van der Waals surface area contributed by atoms with Crippen molar-refractivity contribution in [3.8, 4) is 0 Å². The summed E-state index contributed by atoms with van der Waals surface area (Å²) in [5.41, 5.74) is 0.778. The third-order valence-electron chi connectivity index (χ3n) is 2.57. The number of anilines is 1. The summed E-state index contributed by atoms with van der Waals surface area (Å²) in [6.45, 7) is 8.29. The van der Waals surface area contributed by atoms with E-state index in [1.165, 1.54) is 0 Å². The molecule has 0 aromatic carbocycles. The number of ether oxygens (including phenoxy) is 2. The minimum Gasteiger partial charge on any atom is -0.380 e. The van der Waals surface area contributed by atoms with Crippen molar-refractivity contribution in [1.82, 2.24) is 9.97 Å². The van der Waals surface area contributed by atoms with Gasteiger partial charge in [0.25, 0.3) is 0 Å². The fourth-order valence-corrected chi connectivity index (χ4v) is 1.70. The molecule has 108 valence electrons. The summed E-state index contributed by atoms with van der Waals surface area (Å²) in [5, 5.41) is 0. The highest BCUT2D eigenvalue weighted by atomic mass is 35.5. The van der Waals surface area contributed by atoms with Gasteiger partial charge in [0.15, 0.2) is 0 Å². The van der Waals surface area contributed by atoms with Crippen LogP contribution in [0.25, 0.3) is 0 Å². The molecule has 0 N–H and O–H groups in total. The first-order chi connectivity index (χ1) is 9.31. The lowest BCUT2D eigenvalue weighted by molar-refractivity contribution is 0.141. The van der Waals surface area contributed by atoms with Gasteiger partial charge in [-0.05, 0) is 13.8 Å². The number of alkyl halides is 1. The van der Waals surface area contributed by atoms with E-state index >= 15 is 0 Å². The van der Waals surface area contributed by atoms with E-state index in [1.54, 1.807) is 12.4 Å². The second-order valence-electron chi connectivity index (χ2n) is 3.88. The minimum atomic E-state index is 0.380. The van der Waals surface area contributed by atoms with Crippen LogP contribution < -0.4 is 4.90 Å². The molecule has 0 radical (unpaired) electrons. The highest BCUT2D eigenvalue weighted by Gasteiger charge is 2.08. The molecule has 1 rings (SSSR count). The topological polar surface area (TPSA) is 47.5 Å². The first-order valence-electron chi connectivity index (χ1n) is 6.59. The molecule has 0 amide bonds. The molecule has 1 aromatic heterocycles. The molecule has 0 aliphatic rings. The highest BCUT2D eigenvalue weighted by molar-refractivity contribution is 6.16. The van der Waals surface area contributed by atoms with Gasteiger partial charge in [-0.15, -0.1) is 11.6 Å². The summed E-state index contributed by atoms with van der Waals surface area (Å²) in [5.74, 6) is 1.21. The van der Waals surface area contributed by atoms with E-state index in [1.807, 2.05) is 13.8 Å². The van der Waals surface area contributed by atoms with E-state index < -0.39 is 0 Å². The molecule has 19 heavy (non-hydrogen) atoms. The summed E-state index contributed by atoms with van der Waals surface area (Å²) in [7, 11) is 0. The molecule has 0 fully saturated rings. The highest BCUT2D eigenvalue weighted by Crippen LogP contribution is 2.09. The molecule has 0 saturated heterocycles. The van der Waals surface area contributed by atoms with E-state index in [-0.39, 0.29) is 0 Å². The van der Waals surface area contributed by atoms with Crippen LogP contribution in [0.5, 0.6) is 0 Å². The van der Waals surface area contributed by atoms with Gasteiger partial charge in [-0.3, -0.25) is 4.98 Å². The Morgan fingerprint density at radius 3 is 2.11 bits per heavy atom. The lowest BCUT2D eigenvalue weighted by Crippen LogP contribution is -2.32. The van der Waals surface area contributed by atoms with E-state index in [0.29, 0.717) is 19.1 Å². The first-order valence-corrected chi connectivity index (χ1v) is 7.12. The number of hydrogen-bond donors (Lipinski definition) is 0. The van der Waals surface area contributed by atoms with Crippen molar-refractivity contribution in [2.45, 2.75) is 19.7 Å². The summed E-state index contributed by atoms with van der Waals surface area (Å²) in [6.07, 6.45) is 3.45. The molecule has 0 unspecified atom stereocenters. The predicted molar refractivity (Wildman–Crippen MR) is 76.8 cm³/mol. The number of aromatic nitrogens is 2.